The molecule has 0 aromatic rings. The molecule has 88 valence electrons. The number of hydrogen-bond donors (Lipinski definition) is 2. The largest absolute Gasteiger partial charge is 0.385 e. The first-order valence-corrected chi connectivity index (χ1v) is 4.81. The highest BCUT2D eigenvalue weighted by Gasteiger charge is 2.08. The van der Waals surface area contributed by atoms with Gasteiger partial charge in [-0.25, -0.2) is 0 Å². The van der Waals surface area contributed by atoms with E-state index in [1.165, 1.54) is 0 Å². The van der Waals surface area contributed by atoms with Gasteiger partial charge in [-0.15, -0.1) is 0 Å². The summed E-state index contributed by atoms with van der Waals surface area (Å²) in [5.41, 5.74) is 5.08. The highest BCUT2D eigenvalue weighted by atomic mass is 16.5. The van der Waals surface area contributed by atoms with Crippen molar-refractivity contribution in [2.45, 2.75) is 6.42 Å². The smallest absolute Gasteiger partial charge is 0.241 e. The first-order valence-electron chi connectivity index (χ1n) is 4.81. The third kappa shape index (κ3) is 6.87. The van der Waals surface area contributed by atoms with Crippen molar-refractivity contribution in [2.75, 3.05) is 40.4 Å². The van der Waals surface area contributed by atoms with Crippen LogP contribution >= 0.6 is 0 Å². The van der Waals surface area contributed by atoms with Crippen molar-refractivity contribution in [3.63, 3.8) is 0 Å². The number of nitrogens with zero attached hydrogens (tertiary/aromatic N) is 1. The van der Waals surface area contributed by atoms with Crippen molar-refractivity contribution in [1.29, 1.82) is 0 Å². The van der Waals surface area contributed by atoms with Crippen LogP contribution in [0.3, 0.4) is 0 Å². The van der Waals surface area contributed by atoms with E-state index >= 15 is 0 Å². The topological polar surface area (TPSA) is 84.7 Å². The molecule has 0 aliphatic carbocycles. The van der Waals surface area contributed by atoms with E-state index in [2.05, 4.69) is 5.32 Å². The Kier molecular flexibility index (Phi) is 7.57. The first kappa shape index (κ1) is 13.9. The van der Waals surface area contributed by atoms with Gasteiger partial charge >= 0.3 is 0 Å². The SMILES string of the molecule is COCCCN(C)C(=O)CNC(=O)CN. The molecule has 0 radical (unpaired) electrons. The summed E-state index contributed by atoms with van der Waals surface area (Å²) in [6, 6.07) is 0. The summed E-state index contributed by atoms with van der Waals surface area (Å²) < 4.78 is 4.86. The molecule has 0 heterocycles. The van der Waals surface area contributed by atoms with Crippen molar-refractivity contribution >= 4 is 11.8 Å². The van der Waals surface area contributed by atoms with Gasteiger partial charge in [-0.1, -0.05) is 0 Å². The second-order valence-electron chi connectivity index (χ2n) is 3.14. The van der Waals surface area contributed by atoms with Crippen LogP contribution in [0.15, 0.2) is 0 Å². The maximum atomic E-state index is 11.4. The Morgan fingerprint density at radius 2 is 2.13 bits per heavy atom. The van der Waals surface area contributed by atoms with E-state index in [0.717, 1.165) is 6.42 Å². The highest BCUT2D eigenvalue weighted by molar-refractivity contribution is 5.85. The van der Waals surface area contributed by atoms with Crippen LogP contribution in [-0.4, -0.2) is 57.1 Å². The van der Waals surface area contributed by atoms with Crippen LogP contribution in [0, 0.1) is 0 Å². The summed E-state index contributed by atoms with van der Waals surface area (Å²) in [4.78, 5) is 23.7. The molecule has 0 unspecified atom stereocenters. The first-order chi connectivity index (χ1) is 7.11. The van der Waals surface area contributed by atoms with Crippen LogP contribution < -0.4 is 11.1 Å². The van der Waals surface area contributed by atoms with Crippen LogP contribution in [0.2, 0.25) is 0 Å². The summed E-state index contributed by atoms with van der Waals surface area (Å²) in [6.45, 7) is 1.14. The van der Waals surface area contributed by atoms with Crippen LogP contribution in [0.25, 0.3) is 0 Å². The number of amides is 2. The third-order valence-electron chi connectivity index (χ3n) is 1.89. The van der Waals surface area contributed by atoms with Gasteiger partial charge in [0.15, 0.2) is 0 Å². The van der Waals surface area contributed by atoms with Crippen molar-refractivity contribution < 1.29 is 14.3 Å². The molecule has 0 aromatic carbocycles. The number of nitrogens with one attached hydrogen (secondary N) is 1. The van der Waals surface area contributed by atoms with E-state index in [1.807, 2.05) is 0 Å². The van der Waals surface area contributed by atoms with Crippen molar-refractivity contribution in [3.05, 3.63) is 0 Å². The molecular weight excluding hydrogens is 198 g/mol. The fraction of sp³-hybridized carbons (Fsp3) is 0.778. The Hall–Kier alpha value is -1.14. The van der Waals surface area contributed by atoms with Crippen LogP contribution in [0.5, 0.6) is 0 Å². The molecule has 15 heavy (non-hydrogen) atoms. The minimum Gasteiger partial charge on any atom is -0.385 e. The Morgan fingerprint density at radius 3 is 2.67 bits per heavy atom. The van der Waals surface area contributed by atoms with Gasteiger partial charge in [0.2, 0.25) is 11.8 Å². The number of ether oxygens (including phenoxy) is 1. The maximum absolute atomic E-state index is 11.4. The van der Waals surface area contributed by atoms with E-state index in [9.17, 15) is 9.59 Å². The van der Waals surface area contributed by atoms with Crippen molar-refractivity contribution in [2.24, 2.45) is 5.73 Å². The number of hydrogen-bond acceptors (Lipinski definition) is 4. The molecule has 2 amide bonds. The lowest BCUT2D eigenvalue weighted by molar-refractivity contribution is -0.131. The van der Waals surface area contributed by atoms with Crippen LogP contribution in [-0.2, 0) is 14.3 Å². The molecule has 6 nitrogen and oxygen atoms in total. The molecule has 0 saturated heterocycles. The summed E-state index contributed by atoms with van der Waals surface area (Å²) in [5.74, 6) is -0.457. The van der Waals surface area contributed by atoms with Crippen LogP contribution in [0.1, 0.15) is 6.42 Å². The third-order valence-corrected chi connectivity index (χ3v) is 1.89. The molecule has 0 saturated carbocycles. The average Bonchev–Trinajstić information content (AvgIpc) is 2.25. The van der Waals surface area contributed by atoms with E-state index in [-0.39, 0.29) is 24.9 Å². The molecule has 3 N–H and O–H groups in total. The second-order valence-corrected chi connectivity index (χ2v) is 3.14. The van der Waals surface area contributed by atoms with Gasteiger partial charge in [0.1, 0.15) is 0 Å². The van der Waals surface area contributed by atoms with Crippen LogP contribution in [0.4, 0.5) is 0 Å². The lowest BCUT2D eigenvalue weighted by Gasteiger charge is -2.16. The van der Waals surface area contributed by atoms with Crippen molar-refractivity contribution in [3.8, 4) is 0 Å². The van der Waals surface area contributed by atoms with Gasteiger partial charge in [0.25, 0.3) is 0 Å². The van der Waals surface area contributed by atoms with Gasteiger partial charge in [0.05, 0.1) is 13.1 Å². The Labute approximate surface area is 89.7 Å². The van der Waals surface area contributed by atoms with E-state index in [4.69, 9.17) is 10.5 Å². The summed E-state index contributed by atoms with van der Waals surface area (Å²) in [5, 5.41) is 2.42. The second kappa shape index (κ2) is 8.19. The number of rotatable bonds is 7. The van der Waals surface area contributed by atoms with E-state index in [1.54, 1.807) is 19.1 Å². The lowest BCUT2D eigenvalue weighted by Crippen LogP contribution is -2.40. The predicted molar refractivity (Wildman–Crippen MR) is 56.2 cm³/mol. The number of nitrogens with two attached hydrogens (primary N) is 1. The number of carbonyl (C=O) groups is 2. The van der Waals surface area contributed by atoms with Gasteiger partial charge in [0, 0.05) is 27.3 Å². The Balaban J connectivity index is 3.64. The Morgan fingerprint density at radius 1 is 1.47 bits per heavy atom. The average molecular weight is 217 g/mol. The molecule has 0 aliphatic rings. The molecule has 0 aromatic heterocycles. The summed E-state index contributed by atoms with van der Waals surface area (Å²) in [7, 11) is 3.30. The standard InChI is InChI=1S/C9H19N3O3/c1-12(4-3-5-15-2)9(14)7-11-8(13)6-10/h3-7,10H2,1-2H3,(H,11,13). The number of carbonyl (C=O) groups excluding carboxylic acids is 2. The normalized spacial score (nSPS) is 9.80. The zero-order chi connectivity index (χ0) is 11.7. The van der Waals surface area contributed by atoms with Gasteiger partial charge in [-0.2, -0.15) is 0 Å². The minimum absolute atomic E-state index is 0.000481. The highest BCUT2D eigenvalue weighted by Crippen LogP contribution is 1.88. The predicted octanol–water partition coefficient (Wildman–Crippen LogP) is -1.44. The van der Waals surface area contributed by atoms with Gasteiger partial charge in [-0.3, -0.25) is 9.59 Å². The molecule has 6 heteroatoms. The zero-order valence-electron chi connectivity index (χ0n) is 9.28. The fourth-order valence-corrected chi connectivity index (χ4v) is 0.952. The fourth-order valence-electron chi connectivity index (χ4n) is 0.952. The van der Waals surface area contributed by atoms with E-state index in [0.29, 0.717) is 13.2 Å². The molecule has 0 aliphatic heterocycles. The number of methoxy groups -OCH3 is 1. The number of likely N-dealkylation sites (N-methyl/N-ethyl adjacent to an activating group) is 1. The molecule has 0 spiro atoms. The molecule has 0 bridgehead atoms. The van der Waals surface area contributed by atoms with Crippen molar-refractivity contribution in [1.82, 2.24) is 10.2 Å². The lowest BCUT2D eigenvalue weighted by atomic mass is 10.4. The van der Waals surface area contributed by atoms with Gasteiger partial charge in [-0.05, 0) is 6.42 Å². The monoisotopic (exact) mass is 217 g/mol. The van der Waals surface area contributed by atoms with E-state index < -0.39 is 0 Å². The minimum atomic E-state index is -0.325. The molecular formula is C9H19N3O3. The molecule has 0 fully saturated rings. The summed E-state index contributed by atoms with van der Waals surface area (Å²) >= 11 is 0. The van der Waals surface area contributed by atoms with Gasteiger partial charge < -0.3 is 20.7 Å². The zero-order valence-corrected chi connectivity index (χ0v) is 9.28. The molecule has 0 rings (SSSR count). The summed E-state index contributed by atoms with van der Waals surface area (Å²) in [6.07, 6.45) is 0.781. The maximum Gasteiger partial charge on any atom is 0.241 e. The quantitative estimate of drug-likeness (QED) is 0.511. The Bertz CT molecular complexity index is 209. The molecule has 0 atom stereocenters.